The SMILES string of the molecule is CC(=O)N1CCN(c2ccc(Nc3nc(N)c(C(=O)c4sccc4C)s3)cc2)CC1. The Labute approximate surface area is 183 Å². The van der Waals surface area contributed by atoms with Crippen LogP contribution in [0.1, 0.15) is 27.0 Å². The van der Waals surface area contributed by atoms with E-state index in [4.69, 9.17) is 5.73 Å². The fourth-order valence-corrected chi connectivity index (χ4v) is 5.20. The van der Waals surface area contributed by atoms with Crippen LogP contribution in [0.25, 0.3) is 0 Å². The molecule has 0 spiro atoms. The first kappa shape index (κ1) is 20.4. The van der Waals surface area contributed by atoms with Crippen LogP contribution >= 0.6 is 22.7 Å². The molecular weight excluding hydrogens is 418 g/mol. The van der Waals surface area contributed by atoms with Gasteiger partial charge in [-0.3, -0.25) is 9.59 Å². The molecule has 3 N–H and O–H groups in total. The maximum Gasteiger partial charge on any atom is 0.219 e. The number of piperazine rings is 1. The van der Waals surface area contributed by atoms with E-state index in [-0.39, 0.29) is 17.5 Å². The number of nitrogens with two attached hydrogens (primary N) is 1. The number of carbonyl (C=O) groups excluding carboxylic acids is 2. The van der Waals surface area contributed by atoms with Crippen LogP contribution in [0.5, 0.6) is 0 Å². The number of aryl methyl sites for hydroxylation is 1. The summed E-state index contributed by atoms with van der Waals surface area (Å²) < 4.78 is 0. The standard InChI is InChI=1S/C21H23N5O2S2/c1-13-7-12-29-18(13)17(28)19-20(22)24-21(30-19)23-15-3-5-16(6-4-15)26-10-8-25(9-11-26)14(2)27/h3-7,12H,8-11,22H2,1-2H3,(H,23,24). The second-order valence-corrected chi connectivity index (χ2v) is 9.08. The van der Waals surface area contributed by atoms with Crippen molar-refractivity contribution in [2.24, 2.45) is 0 Å². The number of hydrogen-bond acceptors (Lipinski definition) is 8. The van der Waals surface area contributed by atoms with Gasteiger partial charge in [-0.25, -0.2) is 4.98 Å². The summed E-state index contributed by atoms with van der Waals surface area (Å²) in [5, 5.41) is 5.73. The highest BCUT2D eigenvalue weighted by Crippen LogP contribution is 2.32. The quantitative estimate of drug-likeness (QED) is 0.586. The lowest BCUT2D eigenvalue weighted by atomic mass is 10.2. The lowest BCUT2D eigenvalue weighted by Gasteiger charge is -2.35. The van der Waals surface area contributed by atoms with Crippen molar-refractivity contribution in [3.05, 3.63) is 51.0 Å². The third-order valence-corrected chi connectivity index (χ3v) is 7.14. The minimum Gasteiger partial charge on any atom is -0.382 e. The minimum atomic E-state index is -0.0781. The molecule has 0 unspecified atom stereocenters. The highest BCUT2D eigenvalue weighted by Gasteiger charge is 2.21. The Kier molecular flexibility index (Phi) is 5.74. The van der Waals surface area contributed by atoms with Crippen LogP contribution in [-0.2, 0) is 4.79 Å². The monoisotopic (exact) mass is 441 g/mol. The summed E-state index contributed by atoms with van der Waals surface area (Å²) in [6.45, 7) is 6.66. The Morgan fingerprint density at radius 2 is 1.77 bits per heavy atom. The number of benzene rings is 1. The number of rotatable bonds is 5. The first-order valence-corrected chi connectivity index (χ1v) is 11.3. The zero-order chi connectivity index (χ0) is 21.3. The molecule has 156 valence electrons. The highest BCUT2D eigenvalue weighted by atomic mass is 32.1. The average molecular weight is 442 g/mol. The van der Waals surface area contributed by atoms with Gasteiger partial charge in [0.2, 0.25) is 11.7 Å². The van der Waals surface area contributed by atoms with E-state index in [2.05, 4.69) is 15.2 Å². The van der Waals surface area contributed by atoms with Crippen LogP contribution in [0.2, 0.25) is 0 Å². The molecule has 30 heavy (non-hydrogen) atoms. The molecule has 1 aromatic carbocycles. The molecule has 1 aliphatic rings. The van der Waals surface area contributed by atoms with Gasteiger partial charge in [0, 0.05) is 44.5 Å². The number of carbonyl (C=O) groups is 2. The first-order chi connectivity index (χ1) is 14.4. The predicted molar refractivity (Wildman–Crippen MR) is 123 cm³/mol. The van der Waals surface area contributed by atoms with Gasteiger partial charge in [0.25, 0.3) is 0 Å². The summed E-state index contributed by atoms with van der Waals surface area (Å²) in [7, 11) is 0. The molecule has 0 saturated carbocycles. The maximum absolute atomic E-state index is 12.7. The van der Waals surface area contributed by atoms with Crippen molar-refractivity contribution in [1.82, 2.24) is 9.88 Å². The zero-order valence-electron chi connectivity index (χ0n) is 16.8. The van der Waals surface area contributed by atoms with E-state index >= 15 is 0 Å². The Hall–Kier alpha value is -2.91. The molecule has 1 saturated heterocycles. The van der Waals surface area contributed by atoms with E-state index in [1.165, 1.54) is 22.7 Å². The van der Waals surface area contributed by atoms with Crippen LogP contribution in [0, 0.1) is 6.92 Å². The predicted octanol–water partition coefficient (Wildman–Crippen LogP) is 3.74. The number of nitrogens with zero attached hydrogens (tertiary/aromatic N) is 3. The smallest absolute Gasteiger partial charge is 0.219 e. The van der Waals surface area contributed by atoms with Crippen molar-refractivity contribution in [3.8, 4) is 0 Å². The van der Waals surface area contributed by atoms with Gasteiger partial charge in [-0.05, 0) is 48.2 Å². The number of hydrogen-bond donors (Lipinski definition) is 2. The van der Waals surface area contributed by atoms with Crippen LogP contribution in [0.3, 0.4) is 0 Å². The third kappa shape index (κ3) is 4.17. The zero-order valence-corrected chi connectivity index (χ0v) is 18.5. The van der Waals surface area contributed by atoms with Crippen molar-refractivity contribution in [1.29, 1.82) is 0 Å². The number of ketones is 1. The number of anilines is 4. The van der Waals surface area contributed by atoms with Gasteiger partial charge in [0.1, 0.15) is 10.7 Å². The Morgan fingerprint density at radius 1 is 1.07 bits per heavy atom. The molecule has 0 radical (unpaired) electrons. The molecule has 3 heterocycles. The van der Waals surface area contributed by atoms with Gasteiger partial charge in [-0.15, -0.1) is 11.3 Å². The van der Waals surface area contributed by atoms with E-state index in [0.717, 1.165) is 43.1 Å². The molecule has 7 nitrogen and oxygen atoms in total. The maximum atomic E-state index is 12.7. The minimum absolute atomic E-state index is 0.0781. The second kappa shape index (κ2) is 8.45. The molecule has 1 fully saturated rings. The third-order valence-electron chi connectivity index (χ3n) is 5.14. The topological polar surface area (TPSA) is 91.6 Å². The Balaban J connectivity index is 1.42. The van der Waals surface area contributed by atoms with Gasteiger partial charge in [0.05, 0.1) is 4.88 Å². The first-order valence-electron chi connectivity index (χ1n) is 9.65. The van der Waals surface area contributed by atoms with Crippen molar-refractivity contribution in [3.63, 3.8) is 0 Å². The highest BCUT2D eigenvalue weighted by molar-refractivity contribution is 7.19. The summed E-state index contributed by atoms with van der Waals surface area (Å²) in [6, 6.07) is 9.98. The van der Waals surface area contributed by atoms with Crippen LogP contribution < -0.4 is 16.0 Å². The Bertz CT molecular complexity index is 1070. The molecule has 0 atom stereocenters. The molecule has 1 amide bonds. The van der Waals surface area contributed by atoms with E-state index in [1.54, 1.807) is 6.92 Å². The second-order valence-electron chi connectivity index (χ2n) is 7.16. The molecule has 0 bridgehead atoms. The van der Waals surface area contributed by atoms with E-state index in [1.807, 2.05) is 47.5 Å². The average Bonchev–Trinajstić information content (AvgIpc) is 3.33. The molecule has 3 aromatic rings. The number of nitrogens with one attached hydrogen (secondary N) is 1. The van der Waals surface area contributed by atoms with E-state index in [9.17, 15) is 9.59 Å². The summed E-state index contributed by atoms with van der Waals surface area (Å²) in [5.74, 6) is 0.301. The van der Waals surface area contributed by atoms with Crippen molar-refractivity contribution in [2.45, 2.75) is 13.8 Å². The molecule has 9 heteroatoms. The van der Waals surface area contributed by atoms with Crippen molar-refractivity contribution in [2.75, 3.05) is 42.1 Å². The normalized spacial score (nSPS) is 14.1. The lowest BCUT2D eigenvalue weighted by molar-refractivity contribution is -0.129. The fourth-order valence-electron chi connectivity index (χ4n) is 3.42. The van der Waals surface area contributed by atoms with Crippen LogP contribution in [0.15, 0.2) is 35.7 Å². The summed E-state index contributed by atoms with van der Waals surface area (Å²) >= 11 is 2.68. The number of nitrogen functional groups attached to an aromatic ring is 1. The summed E-state index contributed by atoms with van der Waals surface area (Å²) in [5.41, 5.74) is 8.96. The van der Waals surface area contributed by atoms with Crippen LogP contribution in [-0.4, -0.2) is 47.8 Å². The fraction of sp³-hybridized carbons (Fsp3) is 0.286. The van der Waals surface area contributed by atoms with Crippen LogP contribution in [0.4, 0.5) is 22.3 Å². The van der Waals surface area contributed by atoms with Gasteiger partial charge in [-0.2, -0.15) is 0 Å². The molecule has 1 aliphatic heterocycles. The van der Waals surface area contributed by atoms with Gasteiger partial charge in [-0.1, -0.05) is 11.3 Å². The molecule has 4 rings (SSSR count). The van der Waals surface area contributed by atoms with Gasteiger partial charge in [0.15, 0.2) is 5.13 Å². The van der Waals surface area contributed by atoms with E-state index in [0.29, 0.717) is 14.9 Å². The number of aromatic nitrogens is 1. The molecule has 2 aromatic heterocycles. The molecule has 0 aliphatic carbocycles. The number of thiazole rings is 1. The number of amides is 1. The summed E-state index contributed by atoms with van der Waals surface area (Å²) in [6.07, 6.45) is 0. The Morgan fingerprint density at radius 3 is 2.37 bits per heavy atom. The lowest BCUT2D eigenvalue weighted by Crippen LogP contribution is -2.48. The summed E-state index contributed by atoms with van der Waals surface area (Å²) in [4.78, 5) is 33.8. The number of thiophene rings is 1. The van der Waals surface area contributed by atoms with Gasteiger partial charge < -0.3 is 20.9 Å². The largest absolute Gasteiger partial charge is 0.382 e. The molecular formula is C21H23N5O2S2. The van der Waals surface area contributed by atoms with Gasteiger partial charge >= 0.3 is 0 Å². The van der Waals surface area contributed by atoms with E-state index < -0.39 is 0 Å². The van der Waals surface area contributed by atoms with Crippen molar-refractivity contribution >= 4 is 56.7 Å². The van der Waals surface area contributed by atoms with Crippen molar-refractivity contribution < 1.29 is 9.59 Å².